The molecular weight excluding hydrogens is 300 g/mol. The van der Waals surface area contributed by atoms with Gasteiger partial charge in [-0.3, -0.25) is 4.40 Å². The first kappa shape index (κ1) is 11.3. The smallest absolute Gasteiger partial charge is 0.213 e. The highest BCUT2D eigenvalue weighted by Gasteiger charge is 2.04. The van der Waals surface area contributed by atoms with E-state index in [1.807, 2.05) is 16.8 Å². The monoisotopic (exact) mass is 308 g/mol. The minimum atomic E-state index is 0.552. The second kappa shape index (κ2) is 4.83. The third-order valence-corrected chi connectivity index (χ3v) is 2.85. The first-order chi connectivity index (χ1) is 8.83. The van der Waals surface area contributed by atoms with E-state index in [0.29, 0.717) is 18.9 Å². The van der Waals surface area contributed by atoms with E-state index in [9.17, 15) is 0 Å². The maximum absolute atomic E-state index is 4.66. The molecule has 0 aliphatic heterocycles. The van der Waals surface area contributed by atoms with Crippen LogP contribution in [0.4, 0.5) is 0 Å². The van der Waals surface area contributed by atoms with Gasteiger partial charge in [-0.2, -0.15) is 4.98 Å². The zero-order chi connectivity index (χ0) is 12.4. The van der Waals surface area contributed by atoms with Crippen LogP contribution < -0.4 is 5.32 Å². The molecule has 3 aromatic heterocycles. The van der Waals surface area contributed by atoms with Gasteiger partial charge in [-0.05, 0) is 15.9 Å². The molecule has 0 radical (unpaired) electrons. The number of hydrogen-bond acceptors (Lipinski definition) is 6. The summed E-state index contributed by atoms with van der Waals surface area (Å²) in [6.07, 6.45) is 6.72. The van der Waals surface area contributed by atoms with Gasteiger partial charge in [0.1, 0.15) is 4.60 Å². The van der Waals surface area contributed by atoms with E-state index in [0.717, 1.165) is 15.9 Å². The van der Waals surface area contributed by atoms with Crippen molar-refractivity contribution in [2.75, 3.05) is 0 Å². The number of fused-ring (bicyclic) bond motifs is 1. The van der Waals surface area contributed by atoms with Crippen LogP contribution in [-0.2, 0) is 13.1 Å². The number of hydrogen-bond donors (Lipinski definition) is 1. The Morgan fingerprint density at radius 3 is 3.00 bits per heavy atom. The van der Waals surface area contributed by atoms with Crippen molar-refractivity contribution < 1.29 is 4.52 Å². The standard InChI is InChI=1S/C10H9BrN6O/c11-8-5-17-7(2-14-10(17)4-13-8)1-12-3-9-15-6-18-16-9/h2,4-6,12H,1,3H2. The normalized spacial score (nSPS) is 11.2. The summed E-state index contributed by atoms with van der Waals surface area (Å²) in [7, 11) is 0. The summed E-state index contributed by atoms with van der Waals surface area (Å²) in [5.41, 5.74) is 1.85. The summed E-state index contributed by atoms with van der Waals surface area (Å²) < 4.78 is 7.40. The van der Waals surface area contributed by atoms with E-state index in [1.54, 1.807) is 6.20 Å². The molecule has 0 aliphatic rings. The molecular formula is C10H9BrN6O. The lowest BCUT2D eigenvalue weighted by atomic mass is 10.4. The van der Waals surface area contributed by atoms with Crippen LogP contribution in [-0.4, -0.2) is 24.5 Å². The van der Waals surface area contributed by atoms with Gasteiger partial charge in [0.25, 0.3) is 0 Å². The Morgan fingerprint density at radius 1 is 1.22 bits per heavy atom. The maximum Gasteiger partial charge on any atom is 0.213 e. The van der Waals surface area contributed by atoms with Crippen LogP contribution >= 0.6 is 15.9 Å². The molecule has 0 atom stereocenters. The Bertz CT molecular complexity index is 649. The number of aromatic nitrogens is 5. The van der Waals surface area contributed by atoms with Crippen molar-refractivity contribution in [2.45, 2.75) is 13.1 Å². The molecule has 3 rings (SSSR count). The van der Waals surface area contributed by atoms with Crippen molar-refractivity contribution >= 4 is 21.6 Å². The Labute approximate surface area is 110 Å². The Hall–Kier alpha value is -1.80. The SMILES string of the molecule is Brc1cn2c(CNCc3ncon3)cnc2cn1. The van der Waals surface area contributed by atoms with Crippen molar-refractivity contribution in [1.82, 2.24) is 29.8 Å². The van der Waals surface area contributed by atoms with E-state index >= 15 is 0 Å². The molecule has 0 saturated heterocycles. The summed E-state index contributed by atoms with van der Waals surface area (Å²) in [5, 5.41) is 6.94. The van der Waals surface area contributed by atoms with Crippen LogP contribution in [0.5, 0.6) is 0 Å². The lowest BCUT2D eigenvalue weighted by Gasteiger charge is -2.02. The van der Waals surface area contributed by atoms with Gasteiger partial charge in [-0.1, -0.05) is 5.16 Å². The summed E-state index contributed by atoms with van der Waals surface area (Å²) in [6, 6.07) is 0. The fourth-order valence-corrected chi connectivity index (χ4v) is 1.93. The van der Waals surface area contributed by atoms with Crippen LogP contribution in [0.1, 0.15) is 11.5 Å². The maximum atomic E-state index is 4.66. The molecule has 0 aliphatic carbocycles. The quantitative estimate of drug-likeness (QED) is 0.779. The highest BCUT2D eigenvalue weighted by Crippen LogP contribution is 2.10. The number of halogens is 1. The van der Waals surface area contributed by atoms with Crippen LogP contribution in [0.2, 0.25) is 0 Å². The second-order valence-electron chi connectivity index (χ2n) is 3.64. The molecule has 0 unspecified atom stereocenters. The van der Waals surface area contributed by atoms with E-state index in [2.05, 4.69) is 45.9 Å². The van der Waals surface area contributed by atoms with Crippen LogP contribution in [0.3, 0.4) is 0 Å². The van der Waals surface area contributed by atoms with Gasteiger partial charge in [-0.15, -0.1) is 0 Å². The predicted molar refractivity (Wildman–Crippen MR) is 65.5 cm³/mol. The third-order valence-electron chi connectivity index (χ3n) is 2.44. The number of nitrogens with one attached hydrogen (secondary N) is 1. The molecule has 1 N–H and O–H groups in total. The topological polar surface area (TPSA) is 81.1 Å². The van der Waals surface area contributed by atoms with Gasteiger partial charge >= 0.3 is 0 Å². The number of imidazole rings is 1. The van der Waals surface area contributed by atoms with Crippen molar-refractivity contribution in [3.05, 3.63) is 41.1 Å². The molecule has 92 valence electrons. The molecule has 3 aromatic rings. The molecule has 8 heteroatoms. The van der Waals surface area contributed by atoms with Gasteiger partial charge in [0, 0.05) is 12.7 Å². The van der Waals surface area contributed by atoms with Crippen LogP contribution in [0, 0.1) is 0 Å². The number of nitrogens with zero attached hydrogens (tertiary/aromatic N) is 5. The van der Waals surface area contributed by atoms with Gasteiger partial charge in [0.2, 0.25) is 6.39 Å². The van der Waals surface area contributed by atoms with E-state index in [-0.39, 0.29) is 0 Å². The van der Waals surface area contributed by atoms with Gasteiger partial charge in [0.15, 0.2) is 11.5 Å². The molecule has 3 heterocycles. The first-order valence-corrected chi connectivity index (χ1v) is 6.05. The molecule has 0 fully saturated rings. The van der Waals surface area contributed by atoms with Crippen molar-refractivity contribution in [3.8, 4) is 0 Å². The molecule has 0 spiro atoms. The third kappa shape index (κ3) is 2.24. The van der Waals surface area contributed by atoms with E-state index in [1.165, 1.54) is 6.39 Å². The first-order valence-electron chi connectivity index (χ1n) is 5.26. The second-order valence-corrected chi connectivity index (χ2v) is 4.45. The minimum Gasteiger partial charge on any atom is -0.343 e. The Balaban J connectivity index is 1.72. The zero-order valence-electron chi connectivity index (χ0n) is 9.25. The Kier molecular flexibility index (Phi) is 3.03. The average molecular weight is 309 g/mol. The fourth-order valence-electron chi connectivity index (χ4n) is 1.62. The zero-order valence-corrected chi connectivity index (χ0v) is 10.8. The van der Waals surface area contributed by atoms with Crippen molar-refractivity contribution in [1.29, 1.82) is 0 Å². The summed E-state index contributed by atoms with van der Waals surface area (Å²) >= 11 is 3.34. The van der Waals surface area contributed by atoms with Crippen LogP contribution in [0.25, 0.3) is 5.65 Å². The summed E-state index contributed by atoms with van der Waals surface area (Å²) in [4.78, 5) is 12.3. The summed E-state index contributed by atoms with van der Waals surface area (Å²) in [5.74, 6) is 0.631. The molecule has 0 amide bonds. The molecule has 7 nitrogen and oxygen atoms in total. The van der Waals surface area contributed by atoms with Gasteiger partial charge in [-0.25, -0.2) is 9.97 Å². The lowest BCUT2D eigenvalue weighted by molar-refractivity contribution is 0.407. The van der Waals surface area contributed by atoms with Crippen molar-refractivity contribution in [3.63, 3.8) is 0 Å². The van der Waals surface area contributed by atoms with Gasteiger partial charge < -0.3 is 9.84 Å². The molecule has 18 heavy (non-hydrogen) atoms. The highest BCUT2D eigenvalue weighted by atomic mass is 79.9. The Morgan fingerprint density at radius 2 is 2.17 bits per heavy atom. The summed E-state index contributed by atoms with van der Waals surface area (Å²) in [6.45, 7) is 1.21. The van der Waals surface area contributed by atoms with Crippen LogP contribution in [0.15, 0.2) is 34.1 Å². The largest absolute Gasteiger partial charge is 0.343 e. The fraction of sp³-hybridized carbons (Fsp3) is 0.200. The predicted octanol–water partition coefficient (Wildman–Crippen LogP) is 1.16. The highest BCUT2D eigenvalue weighted by molar-refractivity contribution is 9.10. The van der Waals surface area contributed by atoms with Crippen molar-refractivity contribution in [2.24, 2.45) is 0 Å². The molecule has 0 bridgehead atoms. The molecule has 0 aromatic carbocycles. The average Bonchev–Trinajstić information content (AvgIpc) is 2.99. The lowest BCUT2D eigenvalue weighted by Crippen LogP contribution is -2.15. The molecule has 0 saturated carbocycles. The van der Waals surface area contributed by atoms with E-state index < -0.39 is 0 Å². The minimum absolute atomic E-state index is 0.552. The van der Waals surface area contributed by atoms with E-state index in [4.69, 9.17) is 0 Å². The van der Waals surface area contributed by atoms with Gasteiger partial charge in [0.05, 0.1) is 24.6 Å². The number of rotatable bonds is 4.